The smallest absolute Gasteiger partial charge is 0.170 e. The van der Waals surface area contributed by atoms with E-state index < -0.39 is 0 Å². The van der Waals surface area contributed by atoms with Gasteiger partial charge >= 0.3 is 0 Å². The van der Waals surface area contributed by atoms with Crippen molar-refractivity contribution in [2.24, 2.45) is 7.05 Å². The van der Waals surface area contributed by atoms with Gasteiger partial charge in [-0.1, -0.05) is 19.1 Å². The number of ether oxygens (including phenoxy) is 2. The zero-order valence-electron chi connectivity index (χ0n) is 13.0. The van der Waals surface area contributed by atoms with Crippen LogP contribution in [0.25, 0.3) is 0 Å². The van der Waals surface area contributed by atoms with Gasteiger partial charge in [-0.25, -0.2) is 0 Å². The number of para-hydroxylation sites is 1. The highest BCUT2D eigenvalue weighted by molar-refractivity contribution is 5.46. The summed E-state index contributed by atoms with van der Waals surface area (Å²) in [6.07, 6.45) is 0. The van der Waals surface area contributed by atoms with Crippen LogP contribution in [0.5, 0.6) is 11.5 Å². The topological polar surface area (TPSA) is 61.2 Å². The van der Waals surface area contributed by atoms with Gasteiger partial charge in [0.2, 0.25) is 0 Å². The molecule has 0 radical (unpaired) electrons. The molecule has 0 amide bonds. The van der Waals surface area contributed by atoms with E-state index in [-0.39, 0.29) is 0 Å². The first-order chi connectivity index (χ1) is 10.2. The molecular weight excluding hydrogens is 268 g/mol. The lowest BCUT2D eigenvalue weighted by Crippen LogP contribution is -2.14. The van der Waals surface area contributed by atoms with Crippen molar-refractivity contribution in [3.8, 4) is 11.5 Å². The Hall–Kier alpha value is -2.08. The Morgan fingerprint density at radius 3 is 2.71 bits per heavy atom. The molecule has 21 heavy (non-hydrogen) atoms. The average molecular weight is 290 g/mol. The standard InChI is InChI=1S/C15H22N4O2/c1-5-16-9-12-7-6-8-13(20-4)15(12)21-10-14-18-17-11(2)19(14)3/h6-8,16H,5,9-10H2,1-4H3. The third-order valence-corrected chi connectivity index (χ3v) is 3.37. The number of methoxy groups -OCH3 is 1. The summed E-state index contributed by atoms with van der Waals surface area (Å²) in [6, 6.07) is 5.89. The molecular formula is C15H22N4O2. The summed E-state index contributed by atoms with van der Waals surface area (Å²) in [7, 11) is 3.57. The van der Waals surface area contributed by atoms with Crippen molar-refractivity contribution in [1.29, 1.82) is 0 Å². The quantitative estimate of drug-likeness (QED) is 0.843. The number of benzene rings is 1. The van der Waals surface area contributed by atoms with Gasteiger partial charge in [0.25, 0.3) is 0 Å². The summed E-state index contributed by atoms with van der Waals surface area (Å²) in [5.74, 6) is 3.13. The Balaban J connectivity index is 2.18. The van der Waals surface area contributed by atoms with Crippen molar-refractivity contribution >= 4 is 0 Å². The molecule has 2 aromatic rings. The van der Waals surface area contributed by atoms with Gasteiger partial charge in [0.1, 0.15) is 12.4 Å². The van der Waals surface area contributed by atoms with Crippen molar-refractivity contribution in [1.82, 2.24) is 20.1 Å². The van der Waals surface area contributed by atoms with Crippen molar-refractivity contribution in [2.75, 3.05) is 13.7 Å². The number of hydrogen-bond donors (Lipinski definition) is 1. The van der Waals surface area contributed by atoms with Gasteiger partial charge in [0.05, 0.1) is 7.11 Å². The highest BCUT2D eigenvalue weighted by Crippen LogP contribution is 2.31. The van der Waals surface area contributed by atoms with E-state index in [1.54, 1.807) is 7.11 Å². The summed E-state index contributed by atoms with van der Waals surface area (Å²) < 4.78 is 13.3. The minimum absolute atomic E-state index is 0.358. The largest absolute Gasteiger partial charge is 0.493 e. The first-order valence-electron chi connectivity index (χ1n) is 7.01. The van der Waals surface area contributed by atoms with Crippen LogP contribution in [0.2, 0.25) is 0 Å². The van der Waals surface area contributed by atoms with E-state index in [1.165, 1.54) is 0 Å². The van der Waals surface area contributed by atoms with E-state index >= 15 is 0 Å². The molecule has 6 heteroatoms. The van der Waals surface area contributed by atoms with Crippen LogP contribution < -0.4 is 14.8 Å². The molecule has 0 unspecified atom stereocenters. The van der Waals surface area contributed by atoms with Crippen LogP contribution in [0.15, 0.2) is 18.2 Å². The predicted molar refractivity (Wildman–Crippen MR) is 80.4 cm³/mol. The van der Waals surface area contributed by atoms with E-state index in [9.17, 15) is 0 Å². The lowest BCUT2D eigenvalue weighted by molar-refractivity contribution is 0.269. The fraction of sp³-hybridized carbons (Fsp3) is 0.467. The van der Waals surface area contributed by atoms with E-state index in [0.29, 0.717) is 6.61 Å². The zero-order valence-corrected chi connectivity index (χ0v) is 13.0. The monoisotopic (exact) mass is 290 g/mol. The molecule has 2 rings (SSSR count). The second kappa shape index (κ2) is 7.08. The fourth-order valence-electron chi connectivity index (χ4n) is 2.00. The van der Waals surface area contributed by atoms with Crippen molar-refractivity contribution in [3.05, 3.63) is 35.4 Å². The SMILES string of the molecule is CCNCc1cccc(OC)c1OCc1nnc(C)n1C. The second-order valence-electron chi connectivity index (χ2n) is 4.74. The average Bonchev–Trinajstić information content (AvgIpc) is 2.82. The van der Waals surface area contributed by atoms with Crippen molar-refractivity contribution < 1.29 is 9.47 Å². The van der Waals surface area contributed by atoms with Gasteiger partial charge in [0, 0.05) is 19.2 Å². The van der Waals surface area contributed by atoms with E-state index in [1.807, 2.05) is 36.7 Å². The molecule has 6 nitrogen and oxygen atoms in total. The maximum atomic E-state index is 5.95. The van der Waals surface area contributed by atoms with Gasteiger partial charge in [-0.3, -0.25) is 0 Å². The third-order valence-electron chi connectivity index (χ3n) is 3.37. The van der Waals surface area contributed by atoms with Gasteiger partial charge in [-0.15, -0.1) is 10.2 Å². The van der Waals surface area contributed by atoms with Crippen LogP contribution in [0.4, 0.5) is 0 Å². The van der Waals surface area contributed by atoms with Gasteiger partial charge in [-0.05, 0) is 19.5 Å². The molecule has 0 fully saturated rings. The van der Waals surface area contributed by atoms with Crippen LogP contribution in [0.3, 0.4) is 0 Å². The summed E-state index contributed by atoms with van der Waals surface area (Å²) in [5.41, 5.74) is 1.06. The lowest BCUT2D eigenvalue weighted by atomic mass is 10.2. The summed E-state index contributed by atoms with van der Waals surface area (Å²) in [4.78, 5) is 0. The minimum atomic E-state index is 0.358. The number of aryl methyl sites for hydroxylation is 1. The van der Waals surface area contributed by atoms with Gasteiger partial charge in [-0.2, -0.15) is 0 Å². The molecule has 0 aliphatic heterocycles. The Bertz CT molecular complexity index is 595. The van der Waals surface area contributed by atoms with Crippen LogP contribution >= 0.6 is 0 Å². The fourth-order valence-corrected chi connectivity index (χ4v) is 2.00. The summed E-state index contributed by atoms with van der Waals surface area (Å²) in [6.45, 7) is 5.98. The molecule has 0 bridgehead atoms. The Labute approximate surface area is 125 Å². The van der Waals surface area contributed by atoms with Crippen LogP contribution in [0, 0.1) is 6.92 Å². The van der Waals surface area contributed by atoms with Gasteiger partial charge < -0.3 is 19.4 Å². The summed E-state index contributed by atoms with van der Waals surface area (Å²) >= 11 is 0. The molecule has 0 atom stereocenters. The number of rotatable bonds is 7. The molecule has 1 N–H and O–H groups in total. The third kappa shape index (κ3) is 3.52. The molecule has 114 valence electrons. The molecule has 0 aliphatic rings. The number of hydrogen-bond acceptors (Lipinski definition) is 5. The Morgan fingerprint density at radius 1 is 1.29 bits per heavy atom. The first kappa shape index (κ1) is 15.3. The Morgan fingerprint density at radius 2 is 2.10 bits per heavy atom. The van der Waals surface area contributed by atoms with E-state index in [0.717, 1.165) is 41.8 Å². The Kier molecular flexibility index (Phi) is 5.16. The molecule has 0 saturated heterocycles. The van der Waals surface area contributed by atoms with Gasteiger partial charge in [0.15, 0.2) is 17.3 Å². The first-order valence-corrected chi connectivity index (χ1v) is 7.01. The normalized spacial score (nSPS) is 10.7. The summed E-state index contributed by atoms with van der Waals surface area (Å²) in [5, 5.41) is 11.4. The van der Waals surface area contributed by atoms with Crippen LogP contribution in [0.1, 0.15) is 24.1 Å². The maximum absolute atomic E-state index is 5.95. The predicted octanol–water partition coefficient (Wildman–Crippen LogP) is 1.82. The molecule has 0 saturated carbocycles. The number of nitrogens with zero attached hydrogens (tertiary/aromatic N) is 3. The molecule has 0 spiro atoms. The van der Waals surface area contributed by atoms with E-state index in [4.69, 9.17) is 9.47 Å². The van der Waals surface area contributed by atoms with Crippen molar-refractivity contribution in [2.45, 2.75) is 27.0 Å². The molecule has 1 heterocycles. The molecule has 1 aromatic heterocycles. The highest BCUT2D eigenvalue weighted by atomic mass is 16.5. The lowest BCUT2D eigenvalue weighted by Gasteiger charge is -2.15. The van der Waals surface area contributed by atoms with Crippen LogP contribution in [-0.4, -0.2) is 28.4 Å². The number of nitrogens with one attached hydrogen (secondary N) is 1. The van der Waals surface area contributed by atoms with Crippen molar-refractivity contribution in [3.63, 3.8) is 0 Å². The molecule has 0 aliphatic carbocycles. The maximum Gasteiger partial charge on any atom is 0.170 e. The second-order valence-corrected chi connectivity index (χ2v) is 4.74. The van der Waals surface area contributed by atoms with Crippen LogP contribution in [-0.2, 0) is 20.2 Å². The molecule has 1 aromatic carbocycles. The van der Waals surface area contributed by atoms with E-state index in [2.05, 4.69) is 22.4 Å². The zero-order chi connectivity index (χ0) is 15.2. The number of aromatic nitrogens is 3. The highest BCUT2D eigenvalue weighted by Gasteiger charge is 2.12. The minimum Gasteiger partial charge on any atom is -0.493 e.